The number of halogens is 1. The molecular weight excluding hydrogens is 316 g/mol. The molecule has 1 heterocycles. The van der Waals surface area contributed by atoms with Crippen molar-refractivity contribution in [1.29, 1.82) is 0 Å². The third-order valence-electron chi connectivity index (χ3n) is 3.87. The summed E-state index contributed by atoms with van der Waals surface area (Å²) < 4.78 is 12.2. The first kappa shape index (κ1) is 16.3. The summed E-state index contributed by atoms with van der Waals surface area (Å²) in [6, 6.07) is 0. The third kappa shape index (κ3) is 4.76. The molecule has 0 aromatic heterocycles. The minimum Gasteiger partial charge on any atom is -0.351 e. The lowest BCUT2D eigenvalue weighted by Crippen LogP contribution is -2.43. The zero-order valence-corrected chi connectivity index (χ0v) is 14.6. The molecule has 0 N–H and O–H groups in total. The summed E-state index contributed by atoms with van der Waals surface area (Å²) in [4.78, 5) is 0.298. The second-order valence-electron chi connectivity index (χ2n) is 7.07. The molecule has 2 unspecified atom stereocenters. The number of hydrogen-bond donors (Lipinski definition) is 0. The van der Waals surface area contributed by atoms with E-state index >= 15 is 0 Å². The quantitative estimate of drug-likeness (QED) is 0.536. The Morgan fingerprint density at radius 1 is 1.15 bits per heavy atom. The topological polar surface area (TPSA) is 18.5 Å². The largest absolute Gasteiger partial charge is 0.351 e. The maximum absolute atomic E-state index is 6.38. The van der Waals surface area contributed by atoms with E-state index in [0.29, 0.717) is 4.83 Å². The van der Waals surface area contributed by atoms with Crippen molar-refractivity contribution in [2.45, 2.75) is 82.4 Å². The summed E-state index contributed by atoms with van der Waals surface area (Å²) in [7, 11) is 0. The molecule has 114 valence electrons. The van der Waals surface area contributed by atoms with Gasteiger partial charge in [0.1, 0.15) is 5.60 Å². The maximum atomic E-state index is 6.38. The summed E-state index contributed by atoms with van der Waals surface area (Å²) in [6.07, 6.45) is 7.87. The predicted octanol–water partition coefficient (Wildman–Crippen LogP) is 4.66. The average molecular weight is 343 g/mol. The molecule has 20 heavy (non-hydrogen) atoms. The van der Waals surface area contributed by atoms with Crippen LogP contribution >= 0.6 is 15.9 Å². The van der Waals surface area contributed by atoms with Gasteiger partial charge >= 0.3 is 0 Å². The zero-order chi connectivity index (χ0) is 14.6. The van der Waals surface area contributed by atoms with Crippen molar-refractivity contribution in [2.24, 2.45) is 5.41 Å². The van der Waals surface area contributed by atoms with Gasteiger partial charge in [-0.25, -0.2) is 0 Å². The molecule has 1 saturated carbocycles. The van der Waals surface area contributed by atoms with Crippen molar-refractivity contribution in [3.8, 4) is 11.8 Å². The lowest BCUT2D eigenvalue weighted by atomic mass is 9.83. The first-order valence-electron chi connectivity index (χ1n) is 7.88. The van der Waals surface area contributed by atoms with Gasteiger partial charge in [-0.2, -0.15) is 0 Å². The Labute approximate surface area is 132 Å². The first-order valence-corrected chi connectivity index (χ1v) is 8.80. The molecule has 2 aliphatic rings. The minimum absolute atomic E-state index is 0.0228. The summed E-state index contributed by atoms with van der Waals surface area (Å²) in [5, 5.41) is 0. The molecule has 1 aliphatic heterocycles. The molecule has 2 rings (SSSR count). The van der Waals surface area contributed by atoms with Crippen LogP contribution in [0.3, 0.4) is 0 Å². The minimum atomic E-state index is -0.292. The van der Waals surface area contributed by atoms with E-state index in [-0.39, 0.29) is 17.3 Å². The molecule has 0 aromatic carbocycles. The highest BCUT2D eigenvalue weighted by Gasteiger charge is 2.37. The van der Waals surface area contributed by atoms with Crippen LogP contribution in [0, 0.1) is 17.3 Å². The highest BCUT2D eigenvalue weighted by atomic mass is 79.9. The highest BCUT2D eigenvalue weighted by Crippen LogP contribution is 2.35. The number of hydrogen-bond acceptors (Lipinski definition) is 2. The Hall–Kier alpha value is -0.0400. The molecular formula is C17H27BrO2. The smallest absolute Gasteiger partial charge is 0.172 e. The van der Waals surface area contributed by atoms with Crippen molar-refractivity contribution < 1.29 is 9.47 Å². The molecule has 2 atom stereocenters. The van der Waals surface area contributed by atoms with Crippen LogP contribution in [0.15, 0.2) is 0 Å². The van der Waals surface area contributed by atoms with Crippen LogP contribution in [0.25, 0.3) is 0 Å². The molecule has 0 aromatic rings. The van der Waals surface area contributed by atoms with Crippen molar-refractivity contribution in [3.05, 3.63) is 0 Å². The molecule has 0 amide bonds. The molecule has 0 bridgehead atoms. The Morgan fingerprint density at radius 2 is 1.85 bits per heavy atom. The summed E-state index contributed by atoms with van der Waals surface area (Å²) in [5.74, 6) is 6.86. The van der Waals surface area contributed by atoms with Crippen molar-refractivity contribution >= 4 is 15.9 Å². The van der Waals surface area contributed by atoms with E-state index in [4.69, 9.17) is 9.47 Å². The van der Waals surface area contributed by atoms with Crippen LogP contribution in [0.1, 0.15) is 65.7 Å². The molecule has 1 aliphatic carbocycles. The van der Waals surface area contributed by atoms with Gasteiger partial charge in [0, 0.05) is 12.0 Å². The van der Waals surface area contributed by atoms with Gasteiger partial charge < -0.3 is 9.47 Å². The van der Waals surface area contributed by atoms with Crippen LogP contribution in [0.5, 0.6) is 0 Å². The van der Waals surface area contributed by atoms with Gasteiger partial charge in [0.2, 0.25) is 0 Å². The number of rotatable bonds is 2. The Bertz CT molecular complexity index is 369. The van der Waals surface area contributed by atoms with Crippen molar-refractivity contribution in [3.63, 3.8) is 0 Å². The summed E-state index contributed by atoms with van der Waals surface area (Å²) >= 11 is 3.70. The molecule has 1 saturated heterocycles. The van der Waals surface area contributed by atoms with E-state index < -0.39 is 0 Å². The van der Waals surface area contributed by atoms with E-state index in [1.165, 1.54) is 19.3 Å². The van der Waals surface area contributed by atoms with Gasteiger partial charge in [0.15, 0.2) is 6.29 Å². The van der Waals surface area contributed by atoms with Gasteiger partial charge in [-0.15, -0.1) is 0 Å². The lowest BCUT2D eigenvalue weighted by molar-refractivity contribution is -0.210. The van der Waals surface area contributed by atoms with Crippen molar-refractivity contribution in [1.82, 2.24) is 0 Å². The first-order chi connectivity index (χ1) is 9.40. The molecule has 0 radical (unpaired) electrons. The fourth-order valence-electron chi connectivity index (χ4n) is 2.75. The summed E-state index contributed by atoms with van der Waals surface area (Å²) in [5.41, 5.74) is -0.269. The van der Waals surface area contributed by atoms with Crippen molar-refractivity contribution in [2.75, 3.05) is 6.61 Å². The standard InChI is InChI=1S/C17H27BrO2/c1-16(2,3)11-12-17(9-5-4-6-10-17)20-15-14(18)8-7-13-19-15/h14-15H,4-10,13H2,1-3H3. The van der Waals surface area contributed by atoms with Crippen LogP contribution in [0.4, 0.5) is 0 Å². The van der Waals surface area contributed by atoms with Gasteiger partial charge in [-0.05, 0) is 59.3 Å². The third-order valence-corrected chi connectivity index (χ3v) is 4.76. The molecule has 2 fully saturated rings. The second kappa shape index (κ2) is 6.81. The van der Waals surface area contributed by atoms with E-state index in [1.54, 1.807) is 0 Å². The molecule has 2 nitrogen and oxygen atoms in total. The zero-order valence-electron chi connectivity index (χ0n) is 13.0. The highest BCUT2D eigenvalue weighted by molar-refractivity contribution is 9.09. The fourth-order valence-corrected chi connectivity index (χ4v) is 3.33. The normalized spacial score (nSPS) is 30.4. The predicted molar refractivity (Wildman–Crippen MR) is 85.8 cm³/mol. The fraction of sp³-hybridized carbons (Fsp3) is 0.882. The van der Waals surface area contributed by atoms with Crippen LogP contribution in [-0.2, 0) is 9.47 Å². The van der Waals surface area contributed by atoms with Gasteiger partial charge in [0.05, 0.1) is 4.83 Å². The number of alkyl halides is 1. The second-order valence-corrected chi connectivity index (χ2v) is 8.25. The van der Waals surface area contributed by atoms with Crippen LogP contribution < -0.4 is 0 Å². The van der Waals surface area contributed by atoms with E-state index in [9.17, 15) is 0 Å². The van der Waals surface area contributed by atoms with Gasteiger partial charge in [-0.3, -0.25) is 0 Å². The van der Waals surface area contributed by atoms with Gasteiger partial charge in [0.25, 0.3) is 0 Å². The monoisotopic (exact) mass is 342 g/mol. The average Bonchev–Trinajstić information content (AvgIpc) is 2.40. The Morgan fingerprint density at radius 3 is 2.45 bits per heavy atom. The maximum Gasteiger partial charge on any atom is 0.172 e. The van der Waals surface area contributed by atoms with Crippen LogP contribution in [-0.4, -0.2) is 23.3 Å². The SMILES string of the molecule is CC(C)(C)C#CC1(OC2OCCCC2Br)CCCCC1. The van der Waals surface area contributed by atoms with E-state index in [2.05, 4.69) is 48.5 Å². The lowest BCUT2D eigenvalue weighted by Gasteiger charge is -2.39. The van der Waals surface area contributed by atoms with Crippen LogP contribution in [0.2, 0.25) is 0 Å². The Kier molecular flexibility index (Phi) is 5.56. The van der Waals surface area contributed by atoms with E-state index in [1.807, 2.05) is 0 Å². The van der Waals surface area contributed by atoms with E-state index in [0.717, 1.165) is 32.3 Å². The number of ether oxygens (including phenoxy) is 2. The summed E-state index contributed by atoms with van der Waals surface area (Å²) in [6.45, 7) is 7.26. The Balaban J connectivity index is 2.11. The molecule has 0 spiro atoms. The van der Waals surface area contributed by atoms with Gasteiger partial charge in [-0.1, -0.05) is 34.2 Å². The molecule has 3 heteroatoms.